The summed E-state index contributed by atoms with van der Waals surface area (Å²) >= 11 is 5.82. The molecule has 0 spiro atoms. The number of halogens is 2. The second-order valence-electron chi connectivity index (χ2n) is 5.32. The second-order valence-corrected chi connectivity index (χ2v) is 5.72. The molecule has 0 amide bonds. The van der Waals surface area contributed by atoms with Crippen LogP contribution >= 0.6 is 11.6 Å². The van der Waals surface area contributed by atoms with Crippen LogP contribution in [0.15, 0.2) is 47.0 Å². The van der Waals surface area contributed by atoms with Crippen molar-refractivity contribution in [2.24, 2.45) is 5.73 Å². The molecule has 2 N–H and O–H groups in total. The minimum Gasteiger partial charge on any atom is -0.338 e. The van der Waals surface area contributed by atoms with E-state index < -0.39 is 5.82 Å². The zero-order valence-electron chi connectivity index (χ0n) is 12.5. The van der Waals surface area contributed by atoms with Crippen molar-refractivity contribution in [3.8, 4) is 11.1 Å². The van der Waals surface area contributed by atoms with Crippen LogP contribution in [0.1, 0.15) is 23.3 Å². The molecule has 1 aromatic heterocycles. The summed E-state index contributed by atoms with van der Waals surface area (Å²) in [5.74, 6) is 0.573. The summed E-state index contributed by atoms with van der Waals surface area (Å²) in [5.41, 5.74) is 8.93. The molecule has 0 bridgehead atoms. The van der Waals surface area contributed by atoms with Gasteiger partial charge < -0.3 is 10.3 Å². The van der Waals surface area contributed by atoms with Gasteiger partial charge in [-0.25, -0.2) is 4.39 Å². The number of aryl methyl sites for hydroxylation is 1. The first-order valence-corrected chi connectivity index (χ1v) is 7.51. The lowest BCUT2D eigenvalue weighted by Gasteiger charge is -2.08. The maximum absolute atomic E-state index is 13.2. The Morgan fingerprint density at radius 2 is 1.87 bits per heavy atom. The molecular formula is C17H15ClFN3O. The maximum Gasteiger partial charge on any atom is 0.243 e. The molecule has 0 fully saturated rings. The smallest absolute Gasteiger partial charge is 0.243 e. The standard InChI is InChI=1S/C17H15ClFN3O/c1-10-21-17(23-22-10)16(20)8-11-2-4-12(5-3-11)13-6-7-15(19)14(18)9-13/h2-7,9,16H,8,20H2,1H3/t16-/m1/s1. The van der Waals surface area contributed by atoms with Gasteiger partial charge >= 0.3 is 0 Å². The summed E-state index contributed by atoms with van der Waals surface area (Å²) in [6.07, 6.45) is 0.589. The van der Waals surface area contributed by atoms with E-state index in [1.807, 2.05) is 24.3 Å². The van der Waals surface area contributed by atoms with Crippen LogP contribution in [0, 0.1) is 12.7 Å². The average molecular weight is 332 g/mol. The quantitative estimate of drug-likeness (QED) is 0.782. The van der Waals surface area contributed by atoms with Crippen molar-refractivity contribution in [2.45, 2.75) is 19.4 Å². The van der Waals surface area contributed by atoms with Crippen molar-refractivity contribution in [1.29, 1.82) is 0 Å². The van der Waals surface area contributed by atoms with E-state index in [4.69, 9.17) is 21.9 Å². The molecule has 0 aliphatic heterocycles. The Hall–Kier alpha value is -2.24. The number of hydrogen-bond acceptors (Lipinski definition) is 4. The number of aromatic nitrogens is 2. The molecule has 4 nitrogen and oxygen atoms in total. The van der Waals surface area contributed by atoms with Gasteiger partial charge in [0.2, 0.25) is 5.89 Å². The summed E-state index contributed by atoms with van der Waals surface area (Å²) in [4.78, 5) is 4.14. The van der Waals surface area contributed by atoms with Crippen molar-refractivity contribution in [3.63, 3.8) is 0 Å². The lowest BCUT2D eigenvalue weighted by Crippen LogP contribution is -2.13. The van der Waals surface area contributed by atoms with Gasteiger partial charge in [0, 0.05) is 0 Å². The third-order valence-corrected chi connectivity index (χ3v) is 3.81. The average Bonchev–Trinajstić information content (AvgIpc) is 2.97. The number of benzene rings is 2. The van der Waals surface area contributed by atoms with Gasteiger partial charge in [-0.15, -0.1) is 0 Å². The van der Waals surface area contributed by atoms with E-state index in [1.54, 1.807) is 19.1 Å². The van der Waals surface area contributed by atoms with Gasteiger partial charge in [0.15, 0.2) is 5.82 Å². The fourth-order valence-corrected chi connectivity index (χ4v) is 2.49. The van der Waals surface area contributed by atoms with E-state index in [9.17, 15) is 4.39 Å². The first-order valence-electron chi connectivity index (χ1n) is 7.13. The van der Waals surface area contributed by atoms with E-state index in [2.05, 4.69) is 10.1 Å². The molecule has 3 rings (SSSR count). The van der Waals surface area contributed by atoms with E-state index in [-0.39, 0.29) is 11.1 Å². The maximum atomic E-state index is 13.2. The largest absolute Gasteiger partial charge is 0.338 e. The van der Waals surface area contributed by atoms with Crippen molar-refractivity contribution in [3.05, 3.63) is 70.6 Å². The zero-order valence-corrected chi connectivity index (χ0v) is 13.2. The summed E-state index contributed by atoms with van der Waals surface area (Å²) in [6, 6.07) is 12.2. The molecule has 118 valence electrons. The van der Waals surface area contributed by atoms with Gasteiger partial charge in [-0.05, 0) is 42.2 Å². The lowest BCUT2D eigenvalue weighted by molar-refractivity contribution is 0.351. The van der Waals surface area contributed by atoms with Crippen LogP contribution in [0.3, 0.4) is 0 Å². The molecule has 0 aliphatic carbocycles. The van der Waals surface area contributed by atoms with Crippen LogP contribution in [0.25, 0.3) is 11.1 Å². The predicted molar refractivity (Wildman–Crippen MR) is 86.5 cm³/mol. The monoisotopic (exact) mass is 331 g/mol. The normalized spacial score (nSPS) is 12.3. The van der Waals surface area contributed by atoms with Crippen molar-refractivity contribution < 1.29 is 8.91 Å². The van der Waals surface area contributed by atoms with Gasteiger partial charge in [0.25, 0.3) is 0 Å². The molecule has 0 saturated heterocycles. The second kappa shape index (κ2) is 6.48. The minimum atomic E-state index is -0.423. The molecule has 23 heavy (non-hydrogen) atoms. The van der Waals surface area contributed by atoms with Crippen molar-refractivity contribution in [2.75, 3.05) is 0 Å². The van der Waals surface area contributed by atoms with Crippen molar-refractivity contribution >= 4 is 11.6 Å². The number of hydrogen-bond donors (Lipinski definition) is 1. The first-order chi connectivity index (χ1) is 11.0. The van der Waals surface area contributed by atoms with E-state index in [1.165, 1.54) is 6.07 Å². The van der Waals surface area contributed by atoms with Crippen LogP contribution in [0.2, 0.25) is 5.02 Å². The van der Waals surface area contributed by atoms with Gasteiger partial charge in [-0.2, -0.15) is 4.98 Å². The highest BCUT2D eigenvalue weighted by molar-refractivity contribution is 6.31. The Labute approximate surface area is 138 Å². The Morgan fingerprint density at radius 1 is 1.17 bits per heavy atom. The van der Waals surface area contributed by atoms with Crippen LogP contribution in [0.4, 0.5) is 4.39 Å². The molecule has 0 radical (unpaired) electrons. The fraction of sp³-hybridized carbons (Fsp3) is 0.176. The van der Waals surface area contributed by atoms with E-state index >= 15 is 0 Å². The van der Waals surface area contributed by atoms with Crippen LogP contribution < -0.4 is 5.73 Å². The van der Waals surface area contributed by atoms with Gasteiger partial charge in [-0.1, -0.05) is 47.1 Å². The number of rotatable bonds is 4. The third-order valence-electron chi connectivity index (χ3n) is 3.52. The topological polar surface area (TPSA) is 64.9 Å². The van der Waals surface area contributed by atoms with Crippen LogP contribution in [-0.2, 0) is 6.42 Å². The molecule has 1 atom stereocenters. The summed E-state index contributed by atoms with van der Waals surface area (Å²) in [6.45, 7) is 1.75. The SMILES string of the molecule is Cc1noc([C@H](N)Cc2ccc(-c3ccc(F)c(Cl)c3)cc2)n1. The fourth-order valence-electron chi connectivity index (χ4n) is 2.31. The summed E-state index contributed by atoms with van der Waals surface area (Å²) in [7, 11) is 0. The highest BCUT2D eigenvalue weighted by Gasteiger charge is 2.14. The van der Waals surface area contributed by atoms with Gasteiger partial charge in [0.05, 0.1) is 11.1 Å². The molecule has 0 unspecified atom stereocenters. The molecule has 2 aromatic carbocycles. The highest BCUT2D eigenvalue weighted by Crippen LogP contribution is 2.25. The molecule has 0 saturated carbocycles. The third kappa shape index (κ3) is 3.57. The Morgan fingerprint density at radius 3 is 2.48 bits per heavy atom. The van der Waals surface area contributed by atoms with Crippen LogP contribution in [0.5, 0.6) is 0 Å². The van der Waals surface area contributed by atoms with Gasteiger partial charge in [0.1, 0.15) is 5.82 Å². The molecule has 0 aliphatic rings. The Bertz CT molecular complexity index is 817. The molecule has 1 heterocycles. The Kier molecular flexibility index (Phi) is 4.41. The number of nitrogens with zero attached hydrogens (tertiary/aromatic N) is 2. The summed E-state index contributed by atoms with van der Waals surface area (Å²) < 4.78 is 18.3. The minimum absolute atomic E-state index is 0.111. The van der Waals surface area contributed by atoms with Gasteiger partial charge in [-0.3, -0.25) is 0 Å². The lowest BCUT2D eigenvalue weighted by atomic mass is 10.0. The Balaban J connectivity index is 1.75. The highest BCUT2D eigenvalue weighted by atomic mass is 35.5. The number of nitrogens with two attached hydrogens (primary N) is 1. The molecular weight excluding hydrogens is 317 g/mol. The van der Waals surface area contributed by atoms with Crippen molar-refractivity contribution in [1.82, 2.24) is 10.1 Å². The zero-order chi connectivity index (χ0) is 16.4. The predicted octanol–water partition coefficient (Wildman–Crippen LogP) is 4.08. The molecule has 6 heteroatoms. The van der Waals surface area contributed by atoms with E-state index in [0.29, 0.717) is 18.1 Å². The van der Waals surface area contributed by atoms with Crippen LogP contribution in [-0.4, -0.2) is 10.1 Å². The van der Waals surface area contributed by atoms with E-state index in [0.717, 1.165) is 16.7 Å². The molecule has 3 aromatic rings. The first kappa shape index (κ1) is 15.6. The summed E-state index contributed by atoms with van der Waals surface area (Å²) in [5, 5.41) is 3.85.